The predicted molar refractivity (Wildman–Crippen MR) is 63.4 cm³/mol. The maximum atomic E-state index is 12.3. The molecule has 5 nitrogen and oxygen atoms in total. The molecule has 1 aliphatic heterocycles. The third-order valence-corrected chi connectivity index (χ3v) is 4.86. The molecule has 1 aromatic heterocycles. The van der Waals surface area contributed by atoms with Gasteiger partial charge in [-0.1, -0.05) is 11.6 Å². The van der Waals surface area contributed by atoms with Crippen LogP contribution in [0.25, 0.3) is 0 Å². The monoisotopic (exact) mass is 276 g/mol. The zero-order valence-corrected chi connectivity index (χ0v) is 10.9. The van der Waals surface area contributed by atoms with Crippen LogP contribution in [0.4, 0.5) is 0 Å². The zero-order valence-electron chi connectivity index (χ0n) is 9.34. The van der Waals surface area contributed by atoms with Crippen molar-refractivity contribution in [3.05, 3.63) is 23.5 Å². The molecule has 1 aromatic rings. The fourth-order valence-electron chi connectivity index (χ4n) is 1.71. The van der Waals surface area contributed by atoms with Crippen molar-refractivity contribution >= 4 is 21.6 Å². The van der Waals surface area contributed by atoms with Crippen LogP contribution in [0.5, 0.6) is 0 Å². The Morgan fingerprint density at radius 2 is 2.35 bits per heavy atom. The number of ether oxygens (including phenoxy) is 1. The molecule has 0 spiro atoms. The molecule has 0 aliphatic carbocycles. The molecule has 0 aromatic carbocycles. The first-order valence-electron chi connectivity index (χ1n) is 5.24. The van der Waals surface area contributed by atoms with Gasteiger partial charge in [-0.05, 0) is 19.1 Å². The first-order valence-corrected chi connectivity index (χ1v) is 7.06. The molecule has 0 radical (unpaired) electrons. The summed E-state index contributed by atoms with van der Waals surface area (Å²) in [5, 5.41) is 0.00615. The summed E-state index contributed by atoms with van der Waals surface area (Å²) in [5.74, 6) is 0. The van der Waals surface area contributed by atoms with Crippen LogP contribution < -0.4 is 0 Å². The van der Waals surface area contributed by atoms with Crippen LogP contribution in [-0.4, -0.2) is 43.5 Å². The standard InChI is InChI=1S/C10H13ClN2O3S/c1-8-7-13(5-6-16-8)17(14,15)9-3-2-4-12-10(9)11/h2-4,8H,5-7H2,1H3. The third kappa shape index (κ3) is 2.60. The average molecular weight is 277 g/mol. The molecule has 0 N–H and O–H groups in total. The van der Waals surface area contributed by atoms with Crippen LogP contribution in [0, 0.1) is 0 Å². The lowest BCUT2D eigenvalue weighted by atomic mass is 10.3. The smallest absolute Gasteiger partial charge is 0.246 e. The van der Waals surface area contributed by atoms with Gasteiger partial charge in [-0.3, -0.25) is 0 Å². The summed E-state index contributed by atoms with van der Waals surface area (Å²) in [5.41, 5.74) is 0. The van der Waals surface area contributed by atoms with Crippen LogP contribution in [0.3, 0.4) is 0 Å². The topological polar surface area (TPSA) is 59.5 Å². The van der Waals surface area contributed by atoms with E-state index in [0.717, 1.165) is 0 Å². The molecule has 0 saturated carbocycles. The van der Waals surface area contributed by atoms with E-state index < -0.39 is 10.0 Å². The van der Waals surface area contributed by atoms with E-state index in [1.807, 2.05) is 6.92 Å². The SMILES string of the molecule is CC1CN(S(=O)(=O)c2cccnc2Cl)CCO1. The number of morpholine rings is 1. The van der Waals surface area contributed by atoms with Crippen molar-refractivity contribution in [3.8, 4) is 0 Å². The van der Waals surface area contributed by atoms with E-state index in [0.29, 0.717) is 19.7 Å². The van der Waals surface area contributed by atoms with Crippen molar-refractivity contribution in [2.45, 2.75) is 17.9 Å². The minimum Gasteiger partial charge on any atom is -0.376 e. The average Bonchev–Trinajstić information content (AvgIpc) is 2.29. The Morgan fingerprint density at radius 1 is 1.59 bits per heavy atom. The molecule has 1 fully saturated rings. The van der Waals surface area contributed by atoms with E-state index in [1.54, 1.807) is 6.07 Å². The summed E-state index contributed by atoms with van der Waals surface area (Å²) in [7, 11) is -3.57. The van der Waals surface area contributed by atoms with Gasteiger partial charge in [0.2, 0.25) is 10.0 Å². The van der Waals surface area contributed by atoms with Crippen molar-refractivity contribution in [2.24, 2.45) is 0 Å². The molecule has 17 heavy (non-hydrogen) atoms. The molecule has 94 valence electrons. The van der Waals surface area contributed by atoms with E-state index in [1.165, 1.54) is 16.6 Å². The lowest BCUT2D eigenvalue weighted by Crippen LogP contribution is -2.44. The molecule has 0 bridgehead atoms. The molecule has 1 unspecified atom stereocenters. The number of hydrogen-bond acceptors (Lipinski definition) is 4. The van der Waals surface area contributed by atoms with Gasteiger partial charge in [0.15, 0.2) is 0 Å². The molecule has 1 saturated heterocycles. The third-order valence-electron chi connectivity index (χ3n) is 2.55. The number of aromatic nitrogens is 1. The molecule has 1 aliphatic rings. The van der Waals surface area contributed by atoms with Crippen LogP contribution in [0.1, 0.15) is 6.92 Å². The van der Waals surface area contributed by atoms with E-state index in [2.05, 4.69) is 4.98 Å². The van der Waals surface area contributed by atoms with Crippen molar-refractivity contribution in [2.75, 3.05) is 19.7 Å². The molecule has 2 heterocycles. The quantitative estimate of drug-likeness (QED) is 0.760. The summed E-state index contributed by atoms with van der Waals surface area (Å²) >= 11 is 5.82. The number of pyridine rings is 1. The molecular formula is C10H13ClN2O3S. The van der Waals surface area contributed by atoms with Crippen molar-refractivity contribution in [3.63, 3.8) is 0 Å². The van der Waals surface area contributed by atoms with E-state index in [9.17, 15) is 8.42 Å². The first-order chi connectivity index (χ1) is 8.01. The van der Waals surface area contributed by atoms with Gasteiger partial charge >= 0.3 is 0 Å². The maximum absolute atomic E-state index is 12.3. The van der Waals surface area contributed by atoms with Crippen molar-refractivity contribution in [1.82, 2.24) is 9.29 Å². The Morgan fingerprint density at radius 3 is 3.00 bits per heavy atom. The molecule has 2 rings (SSSR count). The number of sulfonamides is 1. The first kappa shape index (κ1) is 12.8. The second kappa shape index (κ2) is 4.89. The highest BCUT2D eigenvalue weighted by Crippen LogP contribution is 2.23. The minimum atomic E-state index is -3.57. The van der Waals surface area contributed by atoms with Gasteiger partial charge in [0.1, 0.15) is 10.0 Å². The Hall–Kier alpha value is -0.690. The van der Waals surface area contributed by atoms with Gasteiger partial charge in [-0.2, -0.15) is 4.31 Å². The van der Waals surface area contributed by atoms with Gasteiger partial charge < -0.3 is 4.74 Å². The summed E-state index contributed by atoms with van der Waals surface area (Å²) in [6.07, 6.45) is 1.36. The van der Waals surface area contributed by atoms with E-state index in [4.69, 9.17) is 16.3 Å². The lowest BCUT2D eigenvalue weighted by Gasteiger charge is -2.30. The van der Waals surface area contributed by atoms with Crippen molar-refractivity contribution in [1.29, 1.82) is 0 Å². The molecular weight excluding hydrogens is 264 g/mol. The Balaban J connectivity index is 2.33. The van der Waals surface area contributed by atoms with Crippen LogP contribution in [0.15, 0.2) is 23.2 Å². The molecule has 1 atom stereocenters. The fourth-order valence-corrected chi connectivity index (χ4v) is 3.63. The fraction of sp³-hybridized carbons (Fsp3) is 0.500. The number of halogens is 1. The van der Waals surface area contributed by atoms with Gasteiger partial charge in [0, 0.05) is 19.3 Å². The van der Waals surface area contributed by atoms with E-state index in [-0.39, 0.29) is 16.2 Å². The Labute approximate surface area is 105 Å². The van der Waals surface area contributed by atoms with Gasteiger partial charge in [-0.15, -0.1) is 0 Å². The molecule has 0 amide bonds. The highest BCUT2D eigenvalue weighted by molar-refractivity contribution is 7.89. The highest BCUT2D eigenvalue weighted by Gasteiger charge is 2.30. The van der Waals surface area contributed by atoms with Gasteiger partial charge in [0.25, 0.3) is 0 Å². The number of rotatable bonds is 2. The van der Waals surface area contributed by atoms with Gasteiger partial charge in [0.05, 0.1) is 12.7 Å². The summed E-state index contributed by atoms with van der Waals surface area (Å²) in [6, 6.07) is 3.02. The lowest BCUT2D eigenvalue weighted by molar-refractivity contribution is 0.0102. The molecule has 7 heteroatoms. The second-order valence-corrected chi connectivity index (χ2v) is 6.10. The Kier molecular flexibility index (Phi) is 3.67. The summed E-state index contributed by atoms with van der Waals surface area (Å²) in [4.78, 5) is 3.84. The van der Waals surface area contributed by atoms with E-state index >= 15 is 0 Å². The number of hydrogen-bond donors (Lipinski definition) is 0. The summed E-state index contributed by atoms with van der Waals surface area (Å²) in [6.45, 7) is 2.93. The minimum absolute atomic E-state index is 0.00615. The van der Waals surface area contributed by atoms with Gasteiger partial charge in [-0.25, -0.2) is 13.4 Å². The summed E-state index contributed by atoms with van der Waals surface area (Å²) < 4.78 is 31.3. The highest BCUT2D eigenvalue weighted by atomic mass is 35.5. The van der Waals surface area contributed by atoms with Crippen LogP contribution in [0.2, 0.25) is 5.15 Å². The second-order valence-electron chi connectivity index (χ2n) is 3.84. The normalized spacial score (nSPS) is 22.6. The maximum Gasteiger partial charge on any atom is 0.246 e. The van der Waals surface area contributed by atoms with Crippen LogP contribution in [-0.2, 0) is 14.8 Å². The predicted octanol–water partition coefficient (Wildman–Crippen LogP) is 1.14. The largest absolute Gasteiger partial charge is 0.376 e. The van der Waals surface area contributed by atoms with Crippen molar-refractivity contribution < 1.29 is 13.2 Å². The number of nitrogens with zero attached hydrogens (tertiary/aromatic N) is 2. The Bertz CT molecular complexity index is 506. The van der Waals surface area contributed by atoms with Crippen LogP contribution >= 0.6 is 11.6 Å². The zero-order chi connectivity index (χ0) is 12.5.